The van der Waals surface area contributed by atoms with Gasteiger partial charge in [0.25, 0.3) is 0 Å². The van der Waals surface area contributed by atoms with Crippen LogP contribution in [-0.4, -0.2) is 38.7 Å². The summed E-state index contributed by atoms with van der Waals surface area (Å²) in [6, 6.07) is 0. The van der Waals surface area contributed by atoms with Gasteiger partial charge in [0, 0.05) is 6.54 Å². The fraction of sp³-hybridized carbons (Fsp3) is 1.00. The van der Waals surface area contributed by atoms with Gasteiger partial charge in [-0.05, 0) is 13.3 Å². The minimum absolute atomic E-state index is 0.161. The van der Waals surface area contributed by atoms with E-state index in [1.54, 1.807) is 13.8 Å². The molecule has 0 aliphatic rings. The van der Waals surface area contributed by atoms with E-state index < -0.39 is 27.8 Å². The van der Waals surface area contributed by atoms with Gasteiger partial charge in [-0.2, -0.15) is 13.2 Å². The lowest BCUT2D eigenvalue weighted by molar-refractivity contribution is -0.124. The molecule has 1 N–H and O–H groups in total. The van der Waals surface area contributed by atoms with Gasteiger partial charge in [-0.3, -0.25) is 0 Å². The molecule has 1 atom stereocenters. The predicted molar refractivity (Wildman–Crippen MR) is 52.5 cm³/mol. The highest BCUT2D eigenvalue weighted by molar-refractivity contribution is 7.92. The molecule has 0 heterocycles. The average Bonchev–Trinajstić information content (AvgIpc) is 2.09. The quantitative estimate of drug-likeness (QED) is 0.721. The number of sulfone groups is 1. The van der Waals surface area contributed by atoms with Crippen LogP contribution < -0.4 is 5.32 Å². The molecule has 15 heavy (non-hydrogen) atoms. The molecule has 0 amide bonds. The third kappa shape index (κ3) is 6.72. The lowest BCUT2D eigenvalue weighted by atomic mass is 10.4. The summed E-state index contributed by atoms with van der Waals surface area (Å²) < 4.78 is 57.8. The van der Waals surface area contributed by atoms with Gasteiger partial charge in [0.1, 0.15) is 0 Å². The van der Waals surface area contributed by atoms with Crippen LogP contribution in [0.3, 0.4) is 0 Å². The van der Waals surface area contributed by atoms with Crippen molar-refractivity contribution in [1.82, 2.24) is 5.32 Å². The Morgan fingerprint density at radius 1 is 1.33 bits per heavy atom. The van der Waals surface area contributed by atoms with Crippen LogP contribution in [0.2, 0.25) is 0 Å². The second kappa shape index (κ2) is 5.69. The Kier molecular flexibility index (Phi) is 5.58. The summed E-state index contributed by atoms with van der Waals surface area (Å²) in [4.78, 5) is 0. The van der Waals surface area contributed by atoms with Gasteiger partial charge < -0.3 is 5.32 Å². The van der Waals surface area contributed by atoms with Crippen molar-refractivity contribution < 1.29 is 21.6 Å². The fourth-order valence-corrected chi connectivity index (χ4v) is 2.24. The van der Waals surface area contributed by atoms with Gasteiger partial charge in [-0.1, -0.05) is 6.92 Å². The smallest absolute Gasteiger partial charge is 0.308 e. The number of hydrogen-bond donors (Lipinski definition) is 1. The van der Waals surface area contributed by atoms with Gasteiger partial charge in [0.2, 0.25) is 0 Å². The summed E-state index contributed by atoms with van der Waals surface area (Å²) in [5.41, 5.74) is 0. The first kappa shape index (κ1) is 14.7. The standard InChI is InChI=1S/C8H16F3NO2S/c1-3-7(2)15(13,14)5-4-12-6-8(9,10)11/h7,12H,3-6H2,1-2H3. The number of nitrogens with one attached hydrogen (secondary N) is 1. The van der Waals surface area contributed by atoms with E-state index >= 15 is 0 Å². The van der Waals surface area contributed by atoms with E-state index in [1.807, 2.05) is 0 Å². The van der Waals surface area contributed by atoms with E-state index in [1.165, 1.54) is 0 Å². The molecule has 0 aromatic carbocycles. The van der Waals surface area contributed by atoms with Crippen LogP contribution in [0.1, 0.15) is 20.3 Å². The van der Waals surface area contributed by atoms with Crippen molar-refractivity contribution in [3.63, 3.8) is 0 Å². The molecule has 0 bridgehead atoms. The molecule has 0 fully saturated rings. The minimum Gasteiger partial charge on any atom is -0.308 e. The zero-order valence-electron chi connectivity index (χ0n) is 8.76. The predicted octanol–water partition coefficient (Wildman–Crippen LogP) is 1.35. The number of alkyl halides is 3. The van der Waals surface area contributed by atoms with Crippen molar-refractivity contribution in [3.8, 4) is 0 Å². The first-order chi connectivity index (χ1) is 6.69. The van der Waals surface area contributed by atoms with Crippen LogP contribution in [0.5, 0.6) is 0 Å². The Morgan fingerprint density at radius 3 is 2.27 bits per heavy atom. The highest BCUT2D eigenvalue weighted by Crippen LogP contribution is 2.12. The second-order valence-corrected chi connectivity index (χ2v) is 5.92. The van der Waals surface area contributed by atoms with Crippen molar-refractivity contribution in [1.29, 1.82) is 0 Å². The third-order valence-corrected chi connectivity index (χ3v) is 4.41. The van der Waals surface area contributed by atoms with E-state index in [0.717, 1.165) is 0 Å². The van der Waals surface area contributed by atoms with Crippen LogP contribution >= 0.6 is 0 Å². The molecule has 0 saturated heterocycles. The topological polar surface area (TPSA) is 46.2 Å². The maximum atomic E-state index is 11.7. The summed E-state index contributed by atoms with van der Waals surface area (Å²) in [6.45, 7) is 1.97. The number of halogens is 3. The molecule has 0 aliphatic heterocycles. The fourth-order valence-electron chi connectivity index (χ4n) is 0.900. The van der Waals surface area contributed by atoms with Crippen LogP contribution in [0, 0.1) is 0 Å². The Bertz CT molecular complexity index is 274. The Labute approximate surface area is 88.0 Å². The van der Waals surface area contributed by atoms with E-state index in [9.17, 15) is 21.6 Å². The first-order valence-corrected chi connectivity index (χ1v) is 6.39. The van der Waals surface area contributed by atoms with E-state index in [-0.39, 0.29) is 12.3 Å². The molecule has 0 aromatic heterocycles. The molecule has 0 aliphatic carbocycles. The van der Waals surface area contributed by atoms with Crippen molar-refractivity contribution in [3.05, 3.63) is 0 Å². The van der Waals surface area contributed by atoms with E-state index in [2.05, 4.69) is 5.32 Å². The SMILES string of the molecule is CCC(C)S(=O)(=O)CCNCC(F)(F)F. The summed E-state index contributed by atoms with van der Waals surface area (Å²) >= 11 is 0. The van der Waals surface area contributed by atoms with Gasteiger partial charge in [-0.25, -0.2) is 8.42 Å². The summed E-state index contributed by atoms with van der Waals surface area (Å²) in [7, 11) is -3.26. The van der Waals surface area contributed by atoms with Gasteiger partial charge in [0.05, 0.1) is 17.5 Å². The lowest BCUT2D eigenvalue weighted by Crippen LogP contribution is -2.34. The summed E-state index contributed by atoms with van der Waals surface area (Å²) in [5.74, 6) is -0.252. The van der Waals surface area contributed by atoms with Crippen molar-refractivity contribution in [2.75, 3.05) is 18.8 Å². The highest BCUT2D eigenvalue weighted by Gasteiger charge is 2.26. The Morgan fingerprint density at radius 2 is 1.87 bits per heavy atom. The van der Waals surface area contributed by atoms with Gasteiger partial charge in [0.15, 0.2) is 9.84 Å². The Hall–Kier alpha value is -0.300. The zero-order chi connectivity index (χ0) is 12.1. The maximum Gasteiger partial charge on any atom is 0.401 e. The summed E-state index contributed by atoms with van der Waals surface area (Å²) in [5, 5.41) is 1.56. The van der Waals surface area contributed by atoms with Gasteiger partial charge in [-0.15, -0.1) is 0 Å². The normalized spacial score (nSPS) is 15.3. The van der Waals surface area contributed by atoms with E-state index in [0.29, 0.717) is 6.42 Å². The molecular weight excluding hydrogens is 231 g/mol. The van der Waals surface area contributed by atoms with Crippen LogP contribution in [0.15, 0.2) is 0 Å². The molecule has 0 rings (SSSR count). The Balaban J connectivity index is 3.87. The molecular formula is C8H16F3NO2S. The monoisotopic (exact) mass is 247 g/mol. The lowest BCUT2D eigenvalue weighted by Gasteiger charge is -2.11. The number of hydrogen-bond acceptors (Lipinski definition) is 3. The number of rotatable bonds is 6. The van der Waals surface area contributed by atoms with Crippen molar-refractivity contribution in [2.45, 2.75) is 31.7 Å². The van der Waals surface area contributed by atoms with Gasteiger partial charge >= 0.3 is 6.18 Å². The minimum atomic E-state index is -4.29. The van der Waals surface area contributed by atoms with Crippen LogP contribution in [-0.2, 0) is 9.84 Å². The molecule has 0 aromatic rings. The average molecular weight is 247 g/mol. The largest absolute Gasteiger partial charge is 0.401 e. The molecule has 92 valence electrons. The molecule has 0 saturated carbocycles. The van der Waals surface area contributed by atoms with Crippen LogP contribution in [0.25, 0.3) is 0 Å². The molecule has 7 heteroatoms. The maximum absolute atomic E-state index is 11.7. The molecule has 1 unspecified atom stereocenters. The van der Waals surface area contributed by atoms with Crippen LogP contribution in [0.4, 0.5) is 13.2 Å². The molecule has 0 radical (unpaired) electrons. The van der Waals surface area contributed by atoms with Crippen molar-refractivity contribution >= 4 is 9.84 Å². The molecule has 3 nitrogen and oxygen atoms in total. The molecule has 0 spiro atoms. The highest BCUT2D eigenvalue weighted by atomic mass is 32.2. The summed E-state index contributed by atoms with van der Waals surface area (Å²) in [6.07, 6.45) is -3.82. The second-order valence-electron chi connectivity index (χ2n) is 3.38. The first-order valence-electron chi connectivity index (χ1n) is 4.68. The van der Waals surface area contributed by atoms with E-state index in [4.69, 9.17) is 0 Å². The third-order valence-electron chi connectivity index (χ3n) is 2.08. The van der Waals surface area contributed by atoms with Crippen molar-refractivity contribution in [2.24, 2.45) is 0 Å². The zero-order valence-corrected chi connectivity index (χ0v) is 9.58.